The molecule has 2 aromatic carbocycles. The SMILES string of the molecule is CC(C)C1=C([Si](C)(C)C2=C(C(C)C)C(Cl)c3ccccc32)c2ccccc2C1Cl. The normalized spacial score (nSPS) is 21.4. The summed E-state index contributed by atoms with van der Waals surface area (Å²) in [6, 6.07) is 17.5. The van der Waals surface area contributed by atoms with Gasteiger partial charge in [-0.15, -0.1) is 23.2 Å². The molecule has 4 rings (SSSR count). The molecule has 0 bridgehead atoms. The van der Waals surface area contributed by atoms with Crippen molar-refractivity contribution in [3.05, 3.63) is 81.9 Å². The lowest BCUT2D eigenvalue weighted by Gasteiger charge is -2.32. The number of halogens is 2. The lowest BCUT2D eigenvalue weighted by molar-refractivity contribution is 0.743. The van der Waals surface area contributed by atoms with Crippen molar-refractivity contribution in [1.29, 1.82) is 0 Å². The molecule has 29 heavy (non-hydrogen) atoms. The van der Waals surface area contributed by atoms with E-state index in [9.17, 15) is 0 Å². The minimum absolute atomic E-state index is 0.0282. The Labute approximate surface area is 186 Å². The zero-order valence-electron chi connectivity index (χ0n) is 18.2. The molecule has 0 fully saturated rings. The third kappa shape index (κ3) is 3.09. The van der Waals surface area contributed by atoms with E-state index >= 15 is 0 Å². The van der Waals surface area contributed by atoms with Crippen molar-refractivity contribution >= 4 is 41.7 Å². The van der Waals surface area contributed by atoms with Crippen LogP contribution in [0, 0.1) is 11.8 Å². The van der Waals surface area contributed by atoms with Gasteiger partial charge in [-0.05, 0) is 55.6 Å². The number of hydrogen-bond acceptors (Lipinski definition) is 0. The second kappa shape index (κ2) is 7.44. The molecule has 3 heteroatoms. The quantitative estimate of drug-likeness (QED) is 0.329. The summed E-state index contributed by atoms with van der Waals surface area (Å²) in [5, 5.41) is 2.99. The van der Waals surface area contributed by atoms with Crippen molar-refractivity contribution in [2.24, 2.45) is 11.8 Å². The number of alkyl halides is 2. The molecule has 0 radical (unpaired) electrons. The average Bonchev–Trinajstić information content (AvgIpc) is 3.15. The van der Waals surface area contributed by atoms with Crippen LogP contribution >= 0.6 is 23.2 Å². The Morgan fingerprint density at radius 2 is 1.00 bits per heavy atom. The monoisotopic (exact) mass is 440 g/mol. The summed E-state index contributed by atoms with van der Waals surface area (Å²) in [6.45, 7) is 14.1. The molecule has 2 aliphatic rings. The van der Waals surface area contributed by atoms with Crippen molar-refractivity contribution < 1.29 is 0 Å². The first-order valence-corrected chi connectivity index (χ1v) is 14.5. The summed E-state index contributed by atoms with van der Waals surface area (Å²) in [4.78, 5) is 0. The van der Waals surface area contributed by atoms with E-state index in [2.05, 4.69) is 89.3 Å². The number of hydrogen-bond donors (Lipinski definition) is 0. The molecule has 0 aliphatic heterocycles. The highest BCUT2D eigenvalue weighted by molar-refractivity contribution is 7.09. The van der Waals surface area contributed by atoms with Gasteiger partial charge in [0.25, 0.3) is 0 Å². The Morgan fingerprint density at radius 3 is 1.34 bits per heavy atom. The number of allylic oxidation sites excluding steroid dienone is 2. The topological polar surface area (TPSA) is 0 Å². The fourth-order valence-corrected chi connectivity index (χ4v) is 11.1. The van der Waals surface area contributed by atoms with Crippen molar-refractivity contribution in [2.75, 3.05) is 0 Å². The molecule has 0 saturated carbocycles. The smallest absolute Gasteiger partial charge is 0.113 e. The number of benzene rings is 2. The van der Waals surface area contributed by atoms with E-state index in [0.717, 1.165) is 0 Å². The Hall–Kier alpha value is -1.28. The molecule has 0 nitrogen and oxygen atoms in total. The van der Waals surface area contributed by atoms with Crippen LogP contribution in [0.1, 0.15) is 60.7 Å². The van der Waals surface area contributed by atoms with Gasteiger partial charge >= 0.3 is 0 Å². The maximum absolute atomic E-state index is 7.06. The van der Waals surface area contributed by atoms with E-state index in [4.69, 9.17) is 23.2 Å². The van der Waals surface area contributed by atoms with E-state index in [1.54, 1.807) is 0 Å². The zero-order chi connectivity index (χ0) is 21.1. The molecule has 0 aromatic heterocycles. The van der Waals surface area contributed by atoms with Crippen LogP contribution in [0.4, 0.5) is 0 Å². The molecular weight excluding hydrogens is 411 g/mol. The van der Waals surface area contributed by atoms with E-state index < -0.39 is 8.07 Å². The highest BCUT2D eigenvalue weighted by atomic mass is 35.5. The minimum atomic E-state index is -2.08. The summed E-state index contributed by atoms with van der Waals surface area (Å²) >= 11 is 14.1. The predicted octanol–water partition coefficient (Wildman–Crippen LogP) is 8.58. The Morgan fingerprint density at radius 1 is 0.655 bits per heavy atom. The van der Waals surface area contributed by atoms with Crippen LogP contribution in [-0.4, -0.2) is 8.07 Å². The van der Waals surface area contributed by atoms with Crippen LogP contribution in [0.2, 0.25) is 13.1 Å². The highest BCUT2D eigenvalue weighted by Crippen LogP contribution is 2.57. The summed E-state index contributed by atoms with van der Waals surface area (Å²) in [6.07, 6.45) is 0. The third-order valence-electron chi connectivity index (χ3n) is 6.62. The molecule has 0 heterocycles. The first-order chi connectivity index (χ1) is 13.7. The Bertz CT molecular complexity index is 945. The first kappa shape index (κ1) is 21.0. The zero-order valence-corrected chi connectivity index (χ0v) is 20.7. The van der Waals surface area contributed by atoms with Crippen LogP contribution in [0.5, 0.6) is 0 Å². The van der Waals surface area contributed by atoms with Crippen LogP contribution in [-0.2, 0) is 0 Å². The molecule has 0 amide bonds. The van der Waals surface area contributed by atoms with Crippen molar-refractivity contribution in [1.82, 2.24) is 0 Å². The number of fused-ring (bicyclic) bond motifs is 2. The predicted molar refractivity (Wildman–Crippen MR) is 131 cm³/mol. The van der Waals surface area contributed by atoms with Crippen LogP contribution in [0.3, 0.4) is 0 Å². The van der Waals surface area contributed by atoms with Crippen LogP contribution < -0.4 is 0 Å². The van der Waals surface area contributed by atoms with Crippen LogP contribution in [0.25, 0.3) is 10.4 Å². The van der Waals surface area contributed by atoms with Gasteiger partial charge in [0.15, 0.2) is 0 Å². The minimum Gasteiger partial charge on any atom is -0.113 e. The summed E-state index contributed by atoms with van der Waals surface area (Å²) < 4.78 is 0. The maximum Gasteiger partial charge on any atom is 0.113 e. The largest absolute Gasteiger partial charge is 0.113 e. The van der Waals surface area contributed by atoms with Gasteiger partial charge in [0, 0.05) is 0 Å². The molecular formula is C26H30Cl2Si. The average molecular weight is 442 g/mol. The van der Waals surface area contributed by atoms with Gasteiger partial charge in [-0.1, -0.05) is 89.3 Å². The van der Waals surface area contributed by atoms with Gasteiger partial charge in [-0.3, -0.25) is 0 Å². The fourth-order valence-electron chi connectivity index (χ4n) is 5.47. The number of rotatable bonds is 4. The fraction of sp³-hybridized carbons (Fsp3) is 0.385. The molecule has 0 spiro atoms. The molecule has 2 atom stereocenters. The standard InChI is InChI=1S/C26H30Cl2Si/c1-15(2)21-23(27)17-11-7-9-13-19(17)25(21)29(5,6)26-20-14-10-8-12-18(20)24(28)22(26)16(3)4/h7-16,23-24H,1-6H3. The van der Waals surface area contributed by atoms with Crippen LogP contribution in [0.15, 0.2) is 59.7 Å². The van der Waals surface area contributed by atoms with Gasteiger partial charge in [0.05, 0.1) is 10.8 Å². The third-order valence-corrected chi connectivity index (χ3v) is 11.2. The van der Waals surface area contributed by atoms with Crippen molar-refractivity contribution in [3.8, 4) is 0 Å². The van der Waals surface area contributed by atoms with E-state index in [1.165, 1.54) is 43.8 Å². The van der Waals surface area contributed by atoms with E-state index in [0.29, 0.717) is 11.8 Å². The van der Waals surface area contributed by atoms with E-state index in [-0.39, 0.29) is 10.8 Å². The van der Waals surface area contributed by atoms with E-state index in [1.807, 2.05) is 0 Å². The molecule has 0 saturated heterocycles. The summed E-state index contributed by atoms with van der Waals surface area (Å²) in [7, 11) is -2.08. The van der Waals surface area contributed by atoms with Gasteiger partial charge in [0.2, 0.25) is 0 Å². The molecule has 0 N–H and O–H groups in total. The Kier molecular flexibility index (Phi) is 5.38. The first-order valence-electron chi connectivity index (χ1n) is 10.6. The molecule has 152 valence electrons. The molecule has 2 unspecified atom stereocenters. The highest BCUT2D eigenvalue weighted by Gasteiger charge is 2.46. The van der Waals surface area contributed by atoms with Crippen molar-refractivity contribution in [3.63, 3.8) is 0 Å². The summed E-state index contributed by atoms with van der Waals surface area (Å²) in [5.74, 6) is 0.830. The molecule has 2 aliphatic carbocycles. The van der Waals surface area contributed by atoms with Gasteiger partial charge in [-0.25, -0.2) is 0 Å². The van der Waals surface area contributed by atoms with Gasteiger partial charge in [-0.2, -0.15) is 0 Å². The second-order valence-corrected chi connectivity index (χ2v) is 14.6. The molecule has 2 aromatic rings. The Balaban J connectivity index is 2.03. The second-order valence-electron chi connectivity index (χ2n) is 9.49. The van der Waals surface area contributed by atoms with Gasteiger partial charge in [0.1, 0.15) is 8.07 Å². The van der Waals surface area contributed by atoms with Gasteiger partial charge < -0.3 is 0 Å². The lowest BCUT2D eigenvalue weighted by Crippen LogP contribution is -2.32. The summed E-state index contributed by atoms with van der Waals surface area (Å²) in [5.41, 5.74) is 8.09. The maximum atomic E-state index is 7.06. The van der Waals surface area contributed by atoms with Crippen molar-refractivity contribution in [2.45, 2.75) is 51.5 Å². The lowest BCUT2D eigenvalue weighted by atomic mass is 10.0.